The van der Waals surface area contributed by atoms with Gasteiger partial charge in [0.25, 0.3) is 0 Å². The summed E-state index contributed by atoms with van der Waals surface area (Å²) in [7, 11) is 0. The van der Waals surface area contributed by atoms with Crippen LogP contribution in [0.5, 0.6) is 0 Å². The standard InChI is InChI=1S/2C22H36N3O5.2C2HF3O2/c2*1-3-24-14-25(4-2)18-11-16(5-6-17(18)24)15-7-9-23(10-8-15)12-19(27)21(29)22(30)20(28)13-26;2*3-2(4,5)1(6)7/h2*5-6,11,14-15,19-22,26-30H,3-4,7-10,12-13H2,1-2H3;2*(H,6,7)/q2*+1;;/p-2/t2*19-,20+,21+,22+;;/m00../s1. The molecule has 6 rings (SSSR count). The molecule has 2 saturated heterocycles. The smallest absolute Gasteiger partial charge is 0.430 e. The molecular weight excluding hydrogens is 999 g/mol. The number of piperidine rings is 2. The molecule has 4 aromatic rings. The number of carbonyl (C=O) groups is 2. The van der Waals surface area contributed by atoms with Gasteiger partial charge in [-0.15, -0.1) is 0 Å². The highest BCUT2D eigenvalue weighted by Gasteiger charge is 2.35. The van der Waals surface area contributed by atoms with Crippen LogP contribution in [0.4, 0.5) is 26.3 Å². The zero-order valence-electron chi connectivity index (χ0n) is 41.8. The minimum Gasteiger partial charge on any atom is -0.542 e. The van der Waals surface area contributed by atoms with E-state index in [0.717, 1.165) is 78.0 Å². The van der Waals surface area contributed by atoms with E-state index in [2.05, 4.69) is 105 Å². The molecule has 0 spiro atoms. The summed E-state index contributed by atoms with van der Waals surface area (Å²) >= 11 is 0. The van der Waals surface area contributed by atoms with Crippen LogP contribution in [0.15, 0.2) is 49.1 Å². The summed E-state index contributed by atoms with van der Waals surface area (Å²) in [5.74, 6) is -5.12. The number of alkyl halides is 6. The van der Waals surface area contributed by atoms with Crippen molar-refractivity contribution < 1.29 is 106 Å². The maximum Gasteiger partial charge on any atom is 0.430 e. The van der Waals surface area contributed by atoms with Gasteiger partial charge in [-0.3, -0.25) is 0 Å². The molecule has 10 N–H and O–H groups in total. The fourth-order valence-corrected chi connectivity index (χ4v) is 8.90. The lowest BCUT2D eigenvalue weighted by molar-refractivity contribution is -0.668. The molecule has 20 nitrogen and oxygen atoms in total. The van der Waals surface area contributed by atoms with Crippen LogP contribution in [-0.2, 0) is 35.8 Å². The number of imidazole rings is 2. The molecular formula is C48H72F6N6O14. The molecule has 2 aromatic heterocycles. The van der Waals surface area contributed by atoms with Gasteiger partial charge in [0.05, 0.1) is 51.6 Å². The van der Waals surface area contributed by atoms with Crippen LogP contribution in [0, 0.1) is 0 Å². The van der Waals surface area contributed by atoms with Gasteiger partial charge < -0.3 is 80.7 Å². The first-order valence-corrected chi connectivity index (χ1v) is 24.4. The summed E-state index contributed by atoms with van der Waals surface area (Å²) < 4.78 is 72.2. The lowest BCUT2D eigenvalue weighted by Gasteiger charge is -2.35. The zero-order valence-corrected chi connectivity index (χ0v) is 41.8. The molecule has 2 aliphatic heterocycles. The summed E-state index contributed by atoms with van der Waals surface area (Å²) in [4.78, 5) is 21.7. The van der Waals surface area contributed by atoms with Crippen LogP contribution in [0.1, 0.15) is 76.3 Å². The zero-order chi connectivity index (χ0) is 55.8. The lowest BCUT2D eigenvalue weighted by atomic mass is 9.89. The molecule has 4 heterocycles. The van der Waals surface area contributed by atoms with E-state index in [0.29, 0.717) is 11.8 Å². The number of β-amino-alcohol motifs (C(OH)–C–C–N with tert-alkyl or cyclic N) is 2. The van der Waals surface area contributed by atoms with Crippen molar-refractivity contribution in [3.63, 3.8) is 0 Å². The Morgan fingerprint density at radius 1 is 0.554 bits per heavy atom. The number of rotatable bonds is 18. The number of aryl methyl sites for hydroxylation is 4. The minimum atomic E-state index is -5.19. The molecule has 0 unspecified atom stereocenters. The number of nitrogens with zero attached hydrogens (tertiary/aromatic N) is 6. The van der Waals surface area contributed by atoms with Crippen LogP contribution < -0.4 is 19.3 Å². The number of likely N-dealkylation sites (tertiary alicyclic amines) is 2. The molecule has 2 aromatic carbocycles. The van der Waals surface area contributed by atoms with E-state index in [1.807, 2.05) is 0 Å². The number of fused-ring (bicyclic) bond motifs is 2. The Kier molecular flexibility index (Phi) is 25.0. The summed E-state index contributed by atoms with van der Waals surface area (Å²) in [6.45, 7) is 14.6. The normalized spacial score (nSPS) is 18.6. The number of aliphatic hydroxyl groups is 10. The predicted molar refractivity (Wildman–Crippen MR) is 248 cm³/mol. The van der Waals surface area contributed by atoms with Gasteiger partial charge in [0.2, 0.25) is 12.7 Å². The third kappa shape index (κ3) is 17.8. The minimum absolute atomic E-state index is 0.220. The first-order valence-electron chi connectivity index (χ1n) is 24.4. The Balaban J connectivity index is 0.000000310. The number of carboxylic acids is 2. The first-order chi connectivity index (χ1) is 34.7. The number of aliphatic carboxylic acids is 2. The van der Waals surface area contributed by atoms with Gasteiger partial charge >= 0.3 is 12.4 Å². The average molecular weight is 1070 g/mol. The Hall–Kier alpha value is -4.58. The summed E-state index contributed by atoms with van der Waals surface area (Å²) in [6.07, 6.45) is -13.7. The highest BCUT2D eigenvalue weighted by molar-refractivity contribution is 5.74. The summed E-state index contributed by atoms with van der Waals surface area (Å²) in [5.41, 5.74) is 7.69. The summed E-state index contributed by atoms with van der Waals surface area (Å²) in [6, 6.07) is 13.5. The second kappa shape index (κ2) is 29.1. The number of carboxylic acid groups (broad SMARTS) is 2. The Labute approximate surface area is 423 Å². The van der Waals surface area contributed by atoms with Crippen LogP contribution in [0.25, 0.3) is 22.1 Å². The van der Waals surface area contributed by atoms with Crippen LogP contribution in [0.2, 0.25) is 0 Å². The topological polar surface area (TPSA) is 307 Å². The molecule has 0 bridgehead atoms. The molecule has 420 valence electrons. The molecule has 2 fully saturated rings. The maximum absolute atomic E-state index is 10.5. The van der Waals surface area contributed by atoms with Crippen molar-refractivity contribution in [1.29, 1.82) is 0 Å². The molecule has 0 amide bonds. The summed E-state index contributed by atoms with van der Waals surface area (Å²) in [5, 5.41) is 114. The third-order valence-corrected chi connectivity index (χ3v) is 13.3. The Bertz CT molecular complexity index is 2180. The van der Waals surface area contributed by atoms with E-state index in [1.54, 1.807) is 0 Å². The Morgan fingerprint density at radius 3 is 1.08 bits per heavy atom. The number of aromatic nitrogens is 4. The van der Waals surface area contributed by atoms with Crippen molar-refractivity contribution >= 4 is 34.0 Å². The van der Waals surface area contributed by atoms with Gasteiger partial charge in [-0.1, -0.05) is 12.1 Å². The molecule has 8 atom stereocenters. The molecule has 2 aliphatic rings. The first kappa shape index (κ1) is 63.7. The number of halogens is 6. The van der Waals surface area contributed by atoms with E-state index < -0.39 is 86.3 Å². The number of aliphatic hydroxyl groups excluding tert-OH is 10. The average Bonchev–Trinajstić information content (AvgIpc) is 3.94. The Morgan fingerprint density at radius 2 is 0.838 bits per heavy atom. The van der Waals surface area contributed by atoms with Crippen molar-refractivity contribution in [2.24, 2.45) is 0 Å². The van der Waals surface area contributed by atoms with Crippen LogP contribution >= 0.6 is 0 Å². The van der Waals surface area contributed by atoms with E-state index >= 15 is 0 Å². The van der Waals surface area contributed by atoms with Crippen molar-refractivity contribution in [2.75, 3.05) is 52.5 Å². The molecule has 0 aliphatic carbocycles. The monoisotopic (exact) mass is 1070 g/mol. The quantitative estimate of drug-likeness (QED) is 0.0373. The fraction of sp³-hybridized carbons (Fsp3) is 0.667. The maximum atomic E-state index is 10.5. The van der Waals surface area contributed by atoms with Gasteiger partial charge in [-0.05, 0) is 127 Å². The van der Waals surface area contributed by atoms with Crippen molar-refractivity contribution in [3.8, 4) is 0 Å². The number of benzene rings is 2. The van der Waals surface area contributed by atoms with E-state index in [4.69, 9.17) is 30.0 Å². The van der Waals surface area contributed by atoms with Crippen molar-refractivity contribution in [2.45, 2.75) is 153 Å². The second-order valence-corrected chi connectivity index (χ2v) is 18.2. The third-order valence-electron chi connectivity index (χ3n) is 13.3. The van der Waals surface area contributed by atoms with E-state index in [-0.39, 0.29) is 13.1 Å². The highest BCUT2D eigenvalue weighted by Crippen LogP contribution is 2.32. The predicted octanol–water partition coefficient (Wildman–Crippen LogP) is -2.23. The SMILES string of the molecule is CCn1c[n+](CC)c2ccc(C3CCN(C[C@H](O)[C@@H](O)[C@H](O)[C@H](O)CO)CC3)cc21.CCn1c[n+](CC)c2ccc(C3CCN(C[C@H](O)[C@@H](O)[C@H](O)[C@H](O)CO)CC3)cc21.O=C([O-])C(F)(F)F.O=C([O-])C(F)(F)F. The largest absolute Gasteiger partial charge is 0.542 e. The number of hydrogen-bond donors (Lipinski definition) is 10. The molecule has 74 heavy (non-hydrogen) atoms. The van der Waals surface area contributed by atoms with Crippen molar-refractivity contribution in [3.05, 3.63) is 60.2 Å². The number of carbonyl (C=O) groups excluding carboxylic acids is 2. The number of hydrogen-bond acceptors (Lipinski definition) is 16. The van der Waals surface area contributed by atoms with Gasteiger partial charge in [-0.25, -0.2) is 18.3 Å². The molecule has 26 heteroatoms. The molecule has 0 radical (unpaired) electrons. The van der Waals surface area contributed by atoms with Gasteiger partial charge in [-0.2, -0.15) is 26.3 Å². The fourth-order valence-electron chi connectivity index (χ4n) is 8.90. The van der Waals surface area contributed by atoms with Gasteiger partial charge in [0.15, 0.2) is 22.1 Å². The van der Waals surface area contributed by atoms with E-state index in [1.165, 1.54) is 33.2 Å². The van der Waals surface area contributed by atoms with Crippen LogP contribution in [0.3, 0.4) is 0 Å². The second-order valence-electron chi connectivity index (χ2n) is 18.2. The van der Waals surface area contributed by atoms with Crippen molar-refractivity contribution in [1.82, 2.24) is 18.9 Å². The van der Waals surface area contributed by atoms with Gasteiger partial charge in [0, 0.05) is 13.1 Å². The molecule has 0 saturated carbocycles. The van der Waals surface area contributed by atoms with E-state index in [9.17, 15) is 67.2 Å². The van der Waals surface area contributed by atoms with Gasteiger partial charge in [0.1, 0.15) is 48.6 Å². The van der Waals surface area contributed by atoms with Crippen LogP contribution in [-0.4, -0.2) is 196 Å². The lowest BCUT2D eigenvalue weighted by Crippen LogP contribution is -2.50. The highest BCUT2D eigenvalue weighted by atomic mass is 19.4.